The minimum atomic E-state index is 0.208. The van der Waals surface area contributed by atoms with Crippen LogP contribution in [0, 0.1) is 6.92 Å². The normalized spacial score (nSPS) is 11.4. The Morgan fingerprint density at radius 1 is 1.32 bits per heavy atom. The monoisotopic (exact) mass is 260 g/mol. The van der Waals surface area contributed by atoms with Crippen LogP contribution in [0.2, 0.25) is 0 Å². The number of fused-ring (bicyclic) bond motifs is 1. The van der Waals surface area contributed by atoms with Gasteiger partial charge in [-0.25, -0.2) is 0 Å². The molecule has 2 aromatic rings. The van der Waals surface area contributed by atoms with E-state index in [9.17, 15) is 0 Å². The van der Waals surface area contributed by atoms with Crippen LogP contribution in [-0.2, 0) is 6.54 Å². The number of aromatic amines is 1. The second-order valence-corrected chi connectivity index (χ2v) is 5.28. The minimum absolute atomic E-state index is 0.208. The first-order valence-electron chi connectivity index (χ1n) is 7.10. The second-order valence-electron chi connectivity index (χ2n) is 5.28. The molecule has 0 fully saturated rings. The summed E-state index contributed by atoms with van der Waals surface area (Å²) in [7, 11) is 0. The third-order valence-corrected chi connectivity index (χ3v) is 3.19. The van der Waals surface area contributed by atoms with E-state index in [4.69, 9.17) is 4.74 Å². The number of benzene rings is 1. The third-order valence-electron chi connectivity index (χ3n) is 3.19. The zero-order valence-corrected chi connectivity index (χ0v) is 12.3. The Bertz CT molecular complexity index is 543. The second kappa shape index (κ2) is 6.11. The summed E-state index contributed by atoms with van der Waals surface area (Å²) >= 11 is 0. The fourth-order valence-corrected chi connectivity index (χ4v) is 2.32. The summed E-state index contributed by atoms with van der Waals surface area (Å²) in [6.45, 7) is 10.4. The molecule has 1 heterocycles. The van der Waals surface area contributed by atoms with Crippen molar-refractivity contribution in [1.82, 2.24) is 10.3 Å². The van der Waals surface area contributed by atoms with Gasteiger partial charge in [0.25, 0.3) is 0 Å². The lowest BCUT2D eigenvalue weighted by Crippen LogP contribution is -2.14. The van der Waals surface area contributed by atoms with Crippen LogP contribution in [0.1, 0.15) is 38.4 Å². The highest BCUT2D eigenvalue weighted by Crippen LogP contribution is 2.26. The van der Waals surface area contributed by atoms with E-state index < -0.39 is 0 Å². The molecular formula is C16H24N2O. The van der Waals surface area contributed by atoms with Gasteiger partial charge < -0.3 is 15.0 Å². The van der Waals surface area contributed by atoms with Crippen LogP contribution < -0.4 is 10.1 Å². The number of aromatic nitrogens is 1. The summed E-state index contributed by atoms with van der Waals surface area (Å²) in [5.74, 6) is 0.943. The predicted octanol–water partition coefficient (Wildman–Crippen LogP) is 3.76. The Labute approximate surface area is 115 Å². The predicted molar refractivity (Wildman–Crippen MR) is 80.8 cm³/mol. The Balaban J connectivity index is 2.30. The molecule has 1 aromatic carbocycles. The highest BCUT2D eigenvalue weighted by molar-refractivity contribution is 5.86. The molecule has 0 bridgehead atoms. The van der Waals surface area contributed by atoms with Crippen LogP contribution in [0.25, 0.3) is 10.9 Å². The molecule has 1 aromatic heterocycles. The zero-order chi connectivity index (χ0) is 13.8. The number of H-pyrrole nitrogens is 1. The molecule has 0 amide bonds. The number of hydrogen-bond donors (Lipinski definition) is 2. The van der Waals surface area contributed by atoms with Crippen LogP contribution in [-0.4, -0.2) is 17.6 Å². The van der Waals surface area contributed by atoms with E-state index in [0.29, 0.717) is 0 Å². The van der Waals surface area contributed by atoms with Gasteiger partial charge in [-0.1, -0.05) is 6.92 Å². The van der Waals surface area contributed by atoms with Gasteiger partial charge in [-0.3, -0.25) is 0 Å². The van der Waals surface area contributed by atoms with E-state index in [1.807, 2.05) is 6.07 Å². The van der Waals surface area contributed by atoms with Gasteiger partial charge in [0.1, 0.15) is 5.75 Å². The SMILES string of the molecule is CCCNCc1c(C)[nH]c2ccc(OC(C)C)cc12. The van der Waals surface area contributed by atoms with Crippen LogP contribution >= 0.6 is 0 Å². The zero-order valence-electron chi connectivity index (χ0n) is 12.3. The van der Waals surface area contributed by atoms with Gasteiger partial charge in [0.15, 0.2) is 0 Å². The number of aryl methyl sites for hydroxylation is 1. The lowest BCUT2D eigenvalue weighted by molar-refractivity contribution is 0.243. The average molecular weight is 260 g/mol. The largest absolute Gasteiger partial charge is 0.491 e. The van der Waals surface area contributed by atoms with Crippen LogP contribution in [0.4, 0.5) is 0 Å². The summed E-state index contributed by atoms with van der Waals surface area (Å²) in [6.07, 6.45) is 1.36. The number of rotatable bonds is 6. The maximum Gasteiger partial charge on any atom is 0.120 e. The molecule has 19 heavy (non-hydrogen) atoms. The topological polar surface area (TPSA) is 37.0 Å². The lowest BCUT2D eigenvalue weighted by Gasteiger charge is -2.10. The Kier molecular flexibility index (Phi) is 4.48. The fourth-order valence-electron chi connectivity index (χ4n) is 2.32. The van der Waals surface area contributed by atoms with E-state index in [2.05, 4.69) is 50.1 Å². The lowest BCUT2D eigenvalue weighted by atomic mass is 10.1. The van der Waals surface area contributed by atoms with E-state index in [1.54, 1.807) is 0 Å². The van der Waals surface area contributed by atoms with Gasteiger partial charge in [0, 0.05) is 23.1 Å². The third kappa shape index (κ3) is 3.29. The van der Waals surface area contributed by atoms with Gasteiger partial charge in [-0.15, -0.1) is 0 Å². The summed E-state index contributed by atoms with van der Waals surface area (Å²) in [5.41, 5.74) is 3.76. The molecule has 0 aliphatic carbocycles. The summed E-state index contributed by atoms with van der Waals surface area (Å²) in [5, 5.41) is 4.73. The molecule has 0 aliphatic heterocycles. The van der Waals surface area contributed by atoms with Crippen molar-refractivity contribution in [1.29, 1.82) is 0 Å². The molecule has 0 radical (unpaired) electrons. The highest BCUT2D eigenvalue weighted by atomic mass is 16.5. The molecule has 0 atom stereocenters. The molecule has 3 nitrogen and oxygen atoms in total. The maximum atomic E-state index is 5.78. The summed E-state index contributed by atoms with van der Waals surface area (Å²) in [4.78, 5) is 3.44. The first kappa shape index (κ1) is 13.9. The Morgan fingerprint density at radius 2 is 2.11 bits per heavy atom. The molecule has 104 valence electrons. The van der Waals surface area contributed by atoms with Crippen LogP contribution in [0.15, 0.2) is 18.2 Å². The van der Waals surface area contributed by atoms with E-state index >= 15 is 0 Å². The van der Waals surface area contributed by atoms with E-state index in [0.717, 1.165) is 25.3 Å². The van der Waals surface area contributed by atoms with Crippen molar-refractivity contribution < 1.29 is 4.74 Å². The van der Waals surface area contributed by atoms with Crippen molar-refractivity contribution >= 4 is 10.9 Å². The van der Waals surface area contributed by atoms with Crippen molar-refractivity contribution in [2.45, 2.75) is 46.8 Å². The standard InChI is InChI=1S/C16H24N2O/c1-5-8-17-10-15-12(4)18-16-7-6-13(9-14(15)16)19-11(2)3/h6-7,9,11,17-18H,5,8,10H2,1-4H3. The molecule has 3 heteroatoms. The first-order valence-corrected chi connectivity index (χ1v) is 7.10. The van der Waals surface area contributed by atoms with Crippen LogP contribution in [0.3, 0.4) is 0 Å². The number of nitrogens with one attached hydrogen (secondary N) is 2. The molecule has 0 spiro atoms. The first-order chi connectivity index (χ1) is 9.11. The van der Waals surface area contributed by atoms with Gasteiger partial charge >= 0.3 is 0 Å². The number of ether oxygens (including phenoxy) is 1. The molecule has 0 saturated heterocycles. The van der Waals surface area contributed by atoms with Gasteiger partial charge in [-0.2, -0.15) is 0 Å². The smallest absolute Gasteiger partial charge is 0.120 e. The van der Waals surface area contributed by atoms with Gasteiger partial charge in [-0.05, 0) is 57.5 Å². The van der Waals surface area contributed by atoms with E-state index in [1.165, 1.54) is 22.2 Å². The molecular weight excluding hydrogens is 236 g/mol. The fraction of sp³-hybridized carbons (Fsp3) is 0.500. The van der Waals surface area contributed by atoms with E-state index in [-0.39, 0.29) is 6.10 Å². The molecule has 2 N–H and O–H groups in total. The number of hydrogen-bond acceptors (Lipinski definition) is 2. The Morgan fingerprint density at radius 3 is 2.79 bits per heavy atom. The van der Waals surface area contributed by atoms with Crippen molar-refractivity contribution in [3.8, 4) is 5.75 Å². The molecule has 0 unspecified atom stereocenters. The minimum Gasteiger partial charge on any atom is -0.491 e. The quantitative estimate of drug-likeness (QED) is 0.776. The molecule has 2 rings (SSSR count). The average Bonchev–Trinajstić information content (AvgIpc) is 2.65. The van der Waals surface area contributed by atoms with Gasteiger partial charge in [0.2, 0.25) is 0 Å². The highest BCUT2D eigenvalue weighted by Gasteiger charge is 2.09. The Hall–Kier alpha value is -1.48. The van der Waals surface area contributed by atoms with Crippen molar-refractivity contribution in [2.75, 3.05) is 6.54 Å². The van der Waals surface area contributed by atoms with Crippen molar-refractivity contribution in [3.63, 3.8) is 0 Å². The molecule has 0 aliphatic rings. The molecule has 0 saturated carbocycles. The summed E-state index contributed by atoms with van der Waals surface area (Å²) in [6, 6.07) is 6.27. The van der Waals surface area contributed by atoms with Crippen LogP contribution in [0.5, 0.6) is 5.75 Å². The maximum absolute atomic E-state index is 5.78. The van der Waals surface area contributed by atoms with Crippen molar-refractivity contribution in [3.05, 3.63) is 29.5 Å². The van der Waals surface area contributed by atoms with Gasteiger partial charge in [0.05, 0.1) is 6.10 Å². The summed E-state index contributed by atoms with van der Waals surface area (Å²) < 4.78 is 5.78. The van der Waals surface area contributed by atoms with Crippen molar-refractivity contribution in [2.24, 2.45) is 0 Å².